The molecule has 1 atom stereocenters. The quantitative estimate of drug-likeness (QED) is 0.607. The minimum absolute atomic E-state index is 0.130. The van der Waals surface area contributed by atoms with Gasteiger partial charge in [0.25, 0.3) is 0 Å². The van der Waals surface area contributed by atoms with Gasteiger partial charge in [0.15, 0.2) is 0 Å². The molecule has 0 unspecified atom stereocenters. The molecule has 1 aromatic carbocycles. The lowest BCUT2D eigenvalue weighted by atomic mass is 10.4. The van der Waals surface area contributed by atoms with Gasteiger partial charge in [-0.15, -0.1) is 11.8 Å². The van der Waals surface area contributed by atoms with Gasteiger partial charge in [-0.25, -0.2) is 0 Å². The van der Waals surface area contributed by atoms with E-state index < -0.39 is 8.07 Å². The SMILES string of the molecule is CC#C[C@H](CO)[Si](C)(C)c1ccccc1. The van der Waals surface area contributed by atoms with Gasteiger partial charge in [-0.3, -0.25) is 0 Å². The molecule has 0 saturated carbocycles. The molecule has 0 aliphatic heterocycles. The summed E-state index contributed by atoms with van der Waals surface area (Å²) in [5, 5.41) is 10.7. The van der Waals surface area contributed by atoms with Gasteiger partial charge in [0.1, 0.15) is 0 Å². The Balaban J connectivity index is 3.03. The van der Waals surface area contributed by atoms with E-state index in [9.17, 15) is 5.11 Å². The summed E-state index contributed by atoms with van der Waals surface area (Å²) in [5.41, 5.74) is 0.130. The summed E-state index contributed by atoms with van der Waals surface area (Å²) in [5.74, 6) is 6.05. The average Bonchev–Trinajstić information content (AvgIpc) is 2.27. The van der Waals surface area contributed by atoms with Gasteiger partial charge < -0.3 is 5.11 Å². The van der Waals surface area contributed by atoms with Crippen LogP contribution < -0.4 is 5.19 Å². The molecule has 0 radical (unpaired) electrons. The molecular weight excluding hydrogens is 200 g/mol. The van der Waals surface area contributed by atoms with Gasteiger partial charge in [-0.1, -0.05) is 48.6 Å². The zero-order valence-corrected chi connectivity index (χ0v) is 10.6. The molecule has 0 aromatic heterocycles. The zero-order chi connectivity index (χ0) is 11.3. The highest BCUT2D eigenvalue weighted by Gasteiger charge is 2.31. The van der Waals surface area contributed by atoms with Gasteiger partial charge in [-0.05, 0) is 6.92 Å². The van der Waals surface area contributed by atoms with Crippen molar-refractivity contribution in [2.24, 2.45) is 0 Å². The number of hydrogen-bond acceptors (Lipinski definition) is 1. The molecule has 0 saturated heterocycles. The Morgan fingerprint density at radius 3 is 2.33 bits per heavy atom. The van der Waals surface area contributed by atoms with Crippen molar-refractivity contribution < 1.29 is 5.11 Å². The topological polar surface area (TPSA) is 20.2 Å². The molecule has 80 valence electrons. The molecule has 2 heteroatoms. The Bertz CT molecular complexity index is 359. The molecule has 0 aliphatic carbocycles. The maximum Gasteiger partial charge on any atom is 0.0991 e. The minimum Gasteiger partial charge on any atom is -0.395 e. The van der Waals surface area contributed by atoms with Crippen molar-refractivity contribution in [3.8, 4) is 11.8 Å². The van der Waals surface area contributed by atoms with E-state index in [1.54, 1.807) is 0 Å². The molecule has 0 bridgehead atoms. The van der Waals surface area contributed by atoms with Crippen LogP contribution in [0.5, 0.6) is 0 Å². The number of hydrogen-bond donors (Lipinski definition) is 1. The van der Waals surface area contributed by atoms with Crippen molar-refractivity contribution >= 4 is 13.3 Å². The smallest absolute Gasteiger partial charge is 0.0991 e. The average molecular weight is 218 g/mol. The lowest BCUT2D eigenvalue weighted by molar-refractivity contribution is 0.302. The molecule has 15 heavy (non-hydrogen) atoms. The highest BCUT2D eigenvalue weighted by molar-refractivity contribution is 6.91. The van der Waals surface area contributed by atoms with Gasteiger partial charge in [0.2, 0.25) is 0 Å². The first-order chi connectivity index (χ1) is 7.12. The Kier molecular flexibility index (Phi) is 4.13. The third-order valence-corrected chi connectivity index (χ3v) is 6.78. The van der Waals surface area contributed by atoms with Crippen molar-refractivity contribution in [3.63, 3.8) is 0 Å². The van der Waals surface area contributed by atoms with Crippen LogP contribution in [0, 0.1) is 11.8 Å². The molecular formula is C13H18OSi. The molecule has 0 fully saturated rings. The van der Waals surface area contributed by atoms with E-state index in [4.69, 9.17) is 0 Å². The van der Waals surface area contributed by atoms with Crippen LogP contribution in [0.4, 0.5) is 0 Å². The van der Waals surface area contributed by atoms with Crippen molar-refractivity contribution in [2.45, 2.75) is 25.6 Å². The molecule has 1 N–H and O–H groups in total. The largest absolute Gasteiger partial charge is 0.395 e. The van der Waals surface area contributed by atoms with Crippen LogP contribution in [0.1, 0.15) is 6.92 Å². The molecule has 0 spiro atoms. The summed E-state index contributed by atoms with van der Waals surface area (Å²) in [6.45, 7) is 6.51. The summed E-state index contributed by atoms with van der Waals surface area (Å²) >= 11 is 0. The highest BCUT2D eigenvalue weighted by Crippen LogP contribution is 2.20. The summed E-state index contributed by atoms with van der Waals surface area (Å²) in [7, 11) is -1.65. The summed E-state index contributed by atoms with van der Waals surface area (Å²) in [6, 6.07) is 10.4. The molecule has 1 nitrogen and oxygen atoms in total. The fourth-order valence-electron chi connectivity index (χ4n) is 1.70. The third-order valence-electron chi connectivity index (χ3n) is 2.89. The van der Waals surface area contributed by atoms with E-state index >= 15 is 0 Å². The number of rotatable bonds is 3. The second kappa shape index (κ2) is 5.15. The van der Waals surface area contributed by atoms with Crippen LogP contribution in [0.25, 0.3) is 0 Å². The lowest BCUT2D eigenvalue weighted by Gasteiger charge is -2.28. The Hall–Kier alpha value is -1.04. The van der Waals surface area contributed by atoms with E-state index in [-0.39, 0.29) is 12.1 Å². The normalized spacial score (nSPS) is 12.8. The van der Waals surface area contributed by atoms with Gasteiger partial charge >= 0.3 is 0 Å². The van der Waals surface area contributed by atoms with Crippen molar-refractivity contribution in [2.75, 3.05) is 6.61 Å². The second-order valence-corrected chi connectivity index (χ2v) is 8.93. The first-order valence-electron chi connectivity index (χ1n) is 5.21. The predicted molar refractivity (Wildman–Crippen MR) is 67.8 cm³/mol. The predicted octanol–water partition coefficient (Wildman–Crippen LogP) is 1.99. The Morgan fingerprint density at radius 2 is 1.87 bits per heavy atom. The van der Waals surface area contributed by atoms with Gasteiger partial charge in [0, 0.05) is 5.54 Å². The van der Waals surface area contributed by atoms with Crippen LogP contribution in [-0.2, 0) is 0 Å². The fourth-order valence-corrected chi connectivity index (χ4v) is 4.11. The Labute approximate surface area is 93.2 Å². The molecule has 1 aromatic rings. The fraction of sp³-hybridized carbons (Fsp3) is 0.385. The minimum atomic E-state index is -1.65. The van der Waals surface area contributed by atoms with E-state index in [1.807, 2.05) is 13.0 Å². The molecule has 0 heterocycles. The lowest BCUT2D eigenvalue weighted by Crippen LogP contribution is -2.46. The van der Waals surface area contributed by atoms with E-state index in [0.29, 0.717) is 0 Å². The molecule has 1 rings (SSSR count). The van der Waals surface area contributed by atoms with Crippen LogP contribution >= 0.6 is 0 Å². The Morgan fingerprint density at radius 1 is 1.27 bits per heavy atom. The van der Waals surface area contributed by atoms with Gasteiger partial charge in [-0.2, -0.15) is 0 Å². The number of aliphatic hydroxyl groups is 1. The summed E-state index contributed by atoms with van der Waals surface area (Å²) < 4.78 is 0. The van der Waals surface area contributed by atoms with Crippen molar-refractivity contribution in [3.05, 3.63) is 30.3 Å². The van der Waals surface area contributed by atoms with Crippen LogP contribution in [0.3, 0.4) is 0 Å². The van der Waals surface area contributed by atoms with E-state index in [1.165, 1.54) is 5.19 Å². The zero-order valence-electron chi connectivity index (χ0n) is 9.62. The van der Waals surface area contributed by atoms with Crippen molar-refractivity contribution in [1.29, 1.82) is 0 Å². The number of benzene rings is 1. The molecule has 0 aliphatic rings. The molecule has 0 amide bonds. The third kappa shape index (κ3) is 2.71. The monoisotopic (exact) mass is 218 g/mol. The van der Waals surface area contributed by atoms with E-state index in [0.717, 1.165) is 0 Å². The van der Waals surface area contributed by atoms with Gasteiger partial charge in [0.05, 0.1) is 14.7 Å². The van der Waals surface area contributed by atoms with Crippen LogP contribution in [0.2, 0.25) is 18.6 Å². The second-order valence-electron chi connectivity index (χ2n) is 4.22. The first-order valence-corrected chi connectivity index (χ1v) is 8.29. The van der Waals surface area contributed by atoms with Crippen LogP contribution in [-0.4, -0.2) is 19.8 Å². The van der Waals surface area contributed by atoms with E-state index in [2.05, 4.69) is 49.2 Å². The standard InChI is InChI=1S/C13H18OSi/c1-4-8-13(11-14)15(2,3)12-9-6-5-7-10-12/h5-7,9-10,13-14H,11H2,1-3H3/t13-/m1/s1. The van der Waals surface area contributed by atoms with Crippen LogP contribution in [0.15, 0.2) is 30.3 Å². The summed E-state index contributed by atoms with van der Waals surface area (Å²) in [6.07, 6.45) is 0. The van der Waals surface area contributed by atoms with Crippen molar-refractivity contribution in [1.82, 2.24) is 0 Å². The number of aliphatic hydroxyl groups excluding tert-OH is 1. The summed E-state index contributed by atoms with van der Waals surface area (Å²) in [4.78, 5) is 0. The maximum atomic E-state index is 9.39. The maximum absolute atomic E-state index is 9.39. The highest BCUT2D eigenvalue weighted by atomic mass is 28.3. The first kappa shape index (κ1) is 12.0.